The van der Waals surface area contributed by atoms with E-state index in [9.17, 15) is 12.8 Å². The number of sulfonamides is 1. The van der Waals surface area contributed by atoms with E-state index in [0.717, 1.165) is 38.2 Å². The molecule has 2 atom stereocenters. The summed E-state index contributed by atoms with van der Waals surface area (Å²) in [7, 11) is -3.72. The third-order valence-electron chi connectivity index (χ3n) is 3.83. The first kappa shape index (κ1) is 15.4. The molecule has 112 valence electrons. The third kappa shape index (κ3) is 3.56. The Balaban J connectivity index is 2.19. The van der Waals surface area contributed by atoms with E-state index in [-0.39, 0.29) is 17.0 Å². The Kier molecular flexibility index (Phi) is 4.78. The van der Waals surface area contributed by atoms with Gasteiger partial charge in [0.05, 0.1) is 4.90 Å². The van der Waals surface area contributed by atoms with Gasteiger partial charge in [-0.3, -0.25) is 0 Å². The highest BCUT2D eigenvalue weighted by Crippen LogP contribution is 2.20. The van der Waals surface area contributed by atoms with E-state index in [1.807, 2.05) is 0 Å². The molecular weight excluding hydrogens is 279 g/mol. The van der Waals surface area contributed by atoms with Crippen LogP contribution in [-0.4, -0.2) is 20.5 Å². The normalized spacial score (nSPS) is 24.4. The van der Waals surface area contributed by atoms with Gasteiger partial charge in [0.25, 0.3) is 0 Å². The molecule has 0 heterocycles. The topological polar surface area (TPSA) is 72.2 Å². The molecule has 20 heavy (non-hydrogen) atoms. The van der Waals surface area contributed by atoms with Crippen molar-refractivity contribution in [1.29, 1.82) is 0 Å². The summed E-state index contributed by atoms with van der Waals surface area (Å²) in [5.74, 6) is -0.516. The summed E-state index contributed by atoms with van der Waals surface area (Å²) in [6.45, 7) is 1.60. The minimum Gasteiger partial charge on any atom is -0.326 e. The second kappa shape index (κ2) is 6.20. The molecule has 2 unspecified atom stereocenters. The van der Waals surface area contributed by atoms with Crippen molar-refractivity contribution in [1.82, 2.24) is 4.72 Å². The molecule has 1 aliphatic rings. The fourth-order valence-corrected chi connectivity index (χ4v) is 3.82. The first-order valence-corrected chi connectivity index (χ1v) is 8.42. The number of benzene rings is 1. The van der Waals surface area contributed by atoms with Crippen molar-refractivity contribution in [2.24, 2.45) is 5.73 Å². The van der Waals surface area contributed by atoms with Gasteiger partial charge in [-0.25, -0.2) is 17.5 Å². The van der Waals surface area contributed by atoms with Crippen LogP contribution in [0.25, 0.3) is 0 Å². The van der Waals surface area contributed by atoms with Crippen LogP contribution in [0, 0.1) is 12.7 Å². The maximum Gasteiger partial charge on any atom is 0.240 e. The second-order valence-corrected chi connectivity index (χ2v) is 7.15. The number of hydrogen-bond donors (Lipinski definition) is 2. The Labute approximate surface area is 119 Å². The zero-order chi connectivity index (χ0) is 14.8. The number of rotatable bonds is 3. The van der Waals surface area contributed by atoms with E-state index in [0.29, 0.717) is 5.56 Å². The molecule has 1 saturated carbocycles. The highest BCUT2D eigenvalue weighted by atomic mass is 32.2. The van der Waals surface area contributed by atoms with Crippen molar-refractivity contribution in [2.45, 2.75) is 56.0 Å². The van der Waals surface area contributed by atoms with Crippen molar-refractivity contribution < 1.29 is 12.8 Å². The molecule has 0 aromatic heterocycles. The minimum atomic E-state index is -3.72. The SMILES string of the molecule is Cc1ccc(S(=O)(=O)NC2CCCCCC2N)cc1F. The van der Waals surface area contributed by atoms with Crippen LogP contribution < -0.4 is 10.5 Å². The van der Waals surface area contributed by atoms with Crippen LogP contribution in [0.15, 0.2) is 23.1 Å². The van der Waals surface area contributed by atoms with E-state index in [4.69, 9.17) is 5.73 Å². The molecule has 3 N–H and O–H groups in total. The maximum absolute atomic E-state index is 13.5. The number of aryl methyl sites for hydroxylation is 1. The Morgan fingerprint density at radius 3 is 2.65 bits per heavy atom. The summed E-state index contributed by atoms with van der Waals surface area (Å²) in [6, 6.07) is 3.49. The standard InChI is InChI=1S/C14H21FN2O2S/c1-10-7-8-11(9-12(10)15)20(18,19)17-14-6-4-2-3-5-13(14)16/h7-9,13-14,17H,2-6,16H2,1H3. The second-order valence-electron chi connectivity index (χ2n) is 5.44. The molecule has 0 spiro atoms. The summed E-state index contributed by atoms with van der Waals surface area (Å²) in [4.78, 5) is -0.0444. The number of halogens is 1. The molecule has 0 bridgehead atoms. The van der Waals surface area contributed by atoms with Crippen LogP contribution in [0.3, 0.4) is 0 Å². The van der Waals surface area contributed by atoms with Crippen LogP contribution in [0.4, 0.5) is 4.39 Å². The largest absolute Gasteiger partial charge is 0.326 e. The van der Waals surface area contributed by atoms with Gasteiger partial charge in [-0.1, -0.05) is 25.3 Å². The molecule has 1 fully saturated rings. The molecule has 0 radical (unpaired) electrons. The van der Waals surface area contributed by atoms with Crippen LogP contribution >= 0.6 is 0 Å². The van der Waals surface area contributed by atoms with Crippen LogP contribution in [0.2, 0.25) is 0 Å². The van der Waals surface area contributed by atoms with Crippen LogP contribution in [0.5, 0.6) is 0 Å². The number of nitrogens with two attached hydrogens (primary N) is 1. The van der Waals surface area contributed by atoms with Gasteiger partial charge < -0.3 is 5.73 Å². The van der Waals surface area contributed by atoms with E-state index in [1.165, 1.54) is 12.1 Å². The Hall–Kier alpha value is -0.980. The Bertz CT molecular complexity index is 575. The number of nitrogens with one attached hydrogen (secondary N) is 1. The molecule has 2 rings (SSSR count). The molecule has 6 heteroatoms. The highest BCUT2D eigenvalue weighted by molar-refractivity contribution is 7.89. The average molecular weight is 300 g/mol. The summed E-state index contributed by atoms with van der Waals surface area (Å²) in [5.41, 5.74) is 6.44. The smallest absolute Gasteiger partial charge is 0.240 e. The van der Waals surface area contributed by atoms with Crippen LogP contribution in [-0.2, 0) is 10.0 Å². The maximum atomic E-state index is 13.5. The van der Waals surface area contributed by atoms with Crippen LogP contribution in [0.1, 0.15) is 37.7 Å². The lowest BCUT2D eigenvalue weighted by atomic mass is 10.1. The molecule has 1 aromatic carbocycles. The summed E-state index contributed by atoms with van der Waals surface area (Å²) in [5, 5.41) is 0. The fraction of sp³-hybridized carbons (Fsp3) is 0.571. The van der Waals surface area contributed by atoms with Gasteiger partial charge in [-0.05, 0) is 37.5 Å². The quantitative estimate of drug-likeness (QED) is 0.839. The third-order valence-corrected chi connectivity index (χ3v) is 5.32. The Morgan fingerprint density at radius 2 is 1.95 bits per heavy atom. The zero-order valence-corrected chi connectivity index (χ0v) is 12.4. The van der Waals surface area contributed by atoms with Gasteiger partial charge in [-0.2, -0.15) is 0 Å². The summed E-state index contributed by atoms with van der Waals surface area (Å²) >= 11 is 0. The van der Waals surface area contributed by atoms with Crippen molar-refractivity contribution in [2.75, 3.05) is 0 Å². The predicted octanol–water partition coefficient (Wildman–Crippen LogP) is 2.07. The van der Waals surface area contributed by atoms with Crippen molar-refractivity contribution in [3.8, 4) is 0 Å². The van der Waals surface area contributed by atoms with E-state index in [1.54, 1.807) is 6.92 Å². The van der Waals surface area contributed by atoms with E-state index in [2.05, 4.69) is 4.72 Å². The average Bonchev–Trinajstić information content (AvgIpc) is 2.58. The minimum absolute atomic E-state index is 0.0444. The van der Waals surface area contributed by atoms with Gasteiger partial charge >= 0.3 is 0 Å². The number of hydrogen-bond acceptors (Lipinski definition) is 3. The molecule has 1 aliphatic carbocycles. The highest BCUT2D eigenvalue weighted by Gasteiger charge is 2.26. The lowest BCUT2D eigenvalue weighted by Crippen LogP contribution is -2.46. The molecule has 0 saturated heterocycles. The Morgan fingerprint density at radius 1 is 1.25 bits per heavy atom. The summed E-state index contributed by atoms with van der Waals surface area (Å²) < 4.78 is 40.7. The van der Waals surface area contributed by atoms with E-state index >= 15 is 0 Å². The predicted molar refractivity (Wildman–Crippen MR) is 76.3 cm³/mol. The van der Waals surface area contributed by atoms with Crippen molar-refractivity contribution >= 4 is 10.0 Å². The summed E-state index contributed by atoms with van der Waals surface area (Å²) in [6.07, 6.45) is 4.61. The van der Waals surface area contributed by atoms with E-state index < -0.39 is 15.8 Å². The van der Waals surface area contributed by atoms with Crippen molar-refractivity contribution in [3.63, 3.8) is 0 Å². The van der Waals surface area contributed by atoms with Gasteiger partial charge in [0, 0.05) is 12.1 Å². The zero-order valence-electron chi connectivity index (χ0n) is 11.6. The van der Waals surface area contributed by atoms with Gasteiger partial charge in [0.2, 0.25) is 10.0 Å². The lowest BCUT2D eigenvalue weighted by Gasteiger charge is -2.22. The molecule has 0 aliphatic heterocycles. The van der Waals surface area contributed by atoms with Crippen molar-refractivity contribution in [3.05, 3.63) is 29.6 Å². The first-order valence-electron chi connectivity index (χ1n) is 6.94. The first-order chi connectivity index (χ1) is 9.40. The molecule has 4 nitrogen and oxygen atoms in total. The molecule has 1 aromatic rings. The monoisotopic (exact) mass is 300 g/mol. The lowest BCUT2D eigenvalue weighted by molar-refractivity contribution is 0.456. The van der Waals surface area contributed by atoms with Gasteiger partial charge in [-0.15, -0.1) is 0 Å². The fourth-order valence-electron chi connectivity index (χ4n) is 2.49. The molecular formula is C14H21FN2O2S. The van der Waals surface area contributed by atoms with Gasteiger partial charge in [0.1, 0.15) is 5.82 Å². The van der Waals surface area contributed by atoms with Gasteiger partial charge in [0.15, 0.2) is 0 Å². The molecule has 0 amide bonds.